The summed E-state index contributed by atoms with van der Waals surface area (Å²) in [6.45, 7) is 0.726. The zero-order valence-corrected chi connectivity index (χ0v) is 10.8. The Morgan fingerprint density at radius 3 is 1.71 bits per heavy atom. The van der Waals surface area contributed by atoms with E-state index in [1.807, 2.05) is 0 Å². The molecule has 0 amide bonds. The number of hydrogen-bond acceptors (Lipinski definition) is 2. The molecule has 3 rings (SSSR count). The molecule has 0 saturated heterocycles. The van der Waals surface area contributed by atoms with Gasteiger partial charge in [-0.25, -0.2) is 0 Å². The number of aliphatic hydroxyl groups excluding tert-OH is 1. The first kappa shape index (κ1) is 12.0. The first-order valence-electron chi connectivity index (χ1n) is 7.60. The smallest absolute Gasteiger partial charge is 0.143 e. The lowest BCUT2D eigenvalue weighted by Crippen LogP contribution is -2.25. The summed E-state index contributed by atoms with van der Waals surface area (Å²) in [7, 11) is 0. The van der Waals surface area contributed by atoms with E-state index in [1.54, 1.807) is 0 Å². The number of rotatable bonds is 3. The molecule has 0 spiro atoms. The third-order valence-corrected chi connectivity index (χ3v) is 5.80. The molecule has 0 aromatic rings. The van der Waals surface area contributed by atoms with E-state index in [9.17, 15) is 0 Å². The first-order chi connectivity index (χ1) is 8.42. The van der Waals surface area contributed by atoms with E-state index in [2.05, 4.69) is 0 Å². The zero-order chi connectivity index (χ0) is 11.7. The molecule has 5 atom stereocenters. The monoisotopic (exact) mass is 238 g/mol. The molecule has 0 heterocycles. The van der Waals surface area contributed by atoms with E-state index < -0.39 is 0 Å². The summed E-state index contributed by atoms with van der Waals surface area (Å²) in [6, 6.07) is 0. The standard InChI is InChI=1S/C15H26O2/c16-10-17-9-15-13-7-3-1-5-11(13)12-6-2-4-8-14(12)15/h11-16H,1-10H2/t11-,12+,13?,14?,15?. The van der Waals surface area contributed by atoms with Gasteiger partial charge in [-0.3, -0.25) is 0 Å². The average molecular weight is 238 g/mol. The molecule has 17 heavy (non-hydrogen) atoms. The Morgan fingerprint density at radius 2 is 1.24 bits per heavy atom. The summed E-state index contributed by atoms with van der Waals surface area (Å²) < 4.78 is 5.37. The van der Waals surface area contributed by atoms with Gasteiger partial charge in [0.25, 0.3) is 0 Å². The van der Waals surface area contributed by atoms with Gasteiger partial charge in [0.15, 0.2) is 0 Å². The van der Waals surface area contributed by atoms with Gasteiger partial charge in [0.1, 0.15) is 6.79 Å². The highest BCUT2D eigenvalue weighted by molar-refractivity contribution is 4.99. The van der Waals surface area contributed by atoms with Crippen LogP contribution in [0.25, 0.3) is 0 Å². The number of fused-ring (bicyclic) bond motifs is 3. The summed E-state index contributed by atoms with van der Waals surface area (Å²) in [5, 5.41) is 8.90. The van der Waals surface area contributed by atoms with Gasteiger partial charge in [-0.1, -0.05) is 25.7 Å². The maximum absolute atomic E-state index is 8.90. The van der Waals surface area contributed by atoms with E-state index in [0.29, 0.717) is 0 Å². The number of hydrogen-bond donors (Lipinski definition) is 1. The van der Waals surface area contributed by atoms with Crippen molar-refractivity contribution in [3.63, 3.8) is 0 Å². The highest BCUT2D eigenvalue weighted by atomic mass is 16.6. The molecule has 0 aromatic carbocycles. The molecule has 0 radical (unpaired) electrons. The van der Waals surface area contributed by atoms with Crippen LogP contribution in [0.15, 0.2) is 0 Å². The first-order valence-corrected chi connectivity index (χ1v) is 7.60. The summed E-state index contributed by atoms with van der Waals surface area (Å²) in [6.07, 6.45) is 11.6. The minimum Gasteiger partial charge on any atom is -0.371 e. The van der Waals surface area contributed by atoms with E-state index in [4.69, 9.17) is 9.84 Å². The SMILES string of the molecule is OCOCC1C2CCCC[C@H]2[C@H]2CCCCC12. The van der Waals surface area contributed by atoms with Crippen molar-refractivity contribution in [2.24, 2.45) is 29.6 Å². The second-order valence-corrected chi connectivity index (χ2v) is 6.39. The van der Waals surface area contributed by atoms with Crippen molar-refractivity contribution in [2.75, 3.05) is 13.4 Å². The molecule has 3 unspecified atom stereocenters. The van der Waals surface area contributed by atoms with Gasteiger partial charge in [0, 0.05) is 0 Å². The molecule has 0 aliphatic heterocycles. The van der Waals surface area contributed by atoms with Crippen molar-refractivity contribution in [3.05, 3.63) is 0 Å². The van der Waals surface area contributed by atoms with Gasteiger partial charge < -0.3 is 9.84 Å². The predicted molar refractivity (Wildman–Crippen MR) is 67.4 cm³/mol. The van der Waals surface area contributed by atoms with Gasteiger partial charge in [0.2, 0.25) is 0 Å². The molecule has 2 nitrogen and oxygen atoms in total. The third-order valence-electron chi connectivity index (χ3n) is 5.80. The fraction of sp³-hybridized carbons (Fsp3) is 1.00. The summed E-state index contributed by atoms with van der Waals surface area (Å²) >= 11 is 0. The topological polar surface area (TPSA) is 29.5 Å². The maximum atomic E-state index is 8.90. The van der Waals surface area contributed by atoms with E-state index >= 15 is 0 Å². The minimum atomic E-state index is -0.0920. The largest absolute Gasteiger partial charge is 0.371 e. The molecule has 0 aromatic heterocycles. The van der Waals surface area contributed by atoms with Crippen molar-refractivity contribution < 1.29 is 9.84 Å². The Kier molecular flexibility index (Phi) is 3.72. The molecule has 3 aliphatic rings. The van der Waals surface area contributed by atoms with Gasteiger partial charge in [-0.2, -0.15) is 0 Å². The van der Waals surface area contributed by atoms with Crippen LogP contribution in [0.5, 0.6) is 0 Å². The quantitative estimate of drug-likeness (QED) is 0.765. The molecular formula is C15H26O2. The number of aliphatic hydroxyl groups is 1. The van der Waals surface area contributed by atoms with Crippen molar-refractivity contribution in [2.45, 2.75) is 51.4 Å². The summed E-state index contributed by atoms with van der Waals surface area (Å²) in [4.78, 5) is 0. The fourth-order valence-electron chi connectivity index (χ4n) is 5.26. The molecule has 2 heteroatoms. The molecule has 3 saturated carbocycles. The van der Waals surface area contributed by atoms with Gasteiger partial charge in [0.05, 0.1) is 6.61 Å². The van der Waals surface area contributed by atoms with Crippen LogP contribution in [0.4, 0.5) is 0 Å². The second kappa shape index (κ2) is 5.27. The molecular weight excluding hydrogens is 212 g/mol. The second-order valence-electron chi connectivity index (χ2n) is 6.39. The Hall–Kier alpha value is -0.0800. The van der Waals surface area contributed by atoms with Crippen molar-refractivity contribution in [3.8, 4) is 0 Å². The van der Waals surface area contributed by atoms with Crippen molar-refractivity contribution >= 4 is 0 Å². The molecule has 3 aliphatic carbocycles. The lowest BCUT2D eigenvalue weighted by molar-refractivity contribution is -0.0349. The van der Waals surface area contributed by atoms with Crippen LogP contribution in [0.2, 0.25) is 0 Å². The minimum absolute atomic E-state index is 0.0920. The average Bonchev–Trinajstić information content (AvgIpc) is 2.71. The number of ether oxygens (including phenoxy) is 1. The highest BCUT2D eigenvalue weighted by Gasteiger charge is 2.50. The van der Waals surface area contributed by atoms with Crippen LogP contribution in [-0.2, 0) is 4.74 Å². The van der Waals surface area contributed by atoms with Gasteiger partial charge in [-0.15, -0.1) is 0 Å². The molecule has 98 valence electrons. The van der Waals surface area contributed by atoms with E-state index in [0.717, 1.165) is 36.2 Å². The normalized spacial score (nSPS) is 45.4. The maximum Gasteiger partial charge on any atom is 0.143 e. The van der Waals surface area contributed by atoms with E-state index in [-0.39, 0.29) is 6.79 Å². The Labute approximate surface area is 105 Å². The van der Waals surface area contributed by atoms with Crippen LogP contribution in [0.3, 0.4) is 0 Å². The van der Waals surface area contributed by atoms with Crippen molar-refractivity contribution in [1.29, 1.82) is 0 Å². The molecule has 1 N–H and O–H groups in total. The van der Waals surface area contributed by atoms with Crippen LogP contribution in [0.1, 0.15) is 51.4 Å². The summed E-state index contributed by atoms with van der Waals surface area (Å²) in [5.41, 5.74) is 0. The summed E-state index contributed by atoms with van der Waals surface area (Å²) in [5.74, 6) is 4.60. The predicted octanol–water partition coefficient (Wildman–Crippen LogP) is 3.20. The third kappa shape index (κ3) is 2.15. The molecule has 3 fully saturated rings. The highest BCUT2D eigenvalue weighted by Crippen LogP contribution is 2.57. The van der Waals surface area contributed by atoms with Crippen LogP contribution >= 0.6 is 0 Å². The van der Waals surface area contributed by atoms with Gasteiger partial charge in [-0.05, 0) is 55.3 Å². The van der Waals surface area contributed by atoms with Gasteiger partial charge >= 0.3 is 0 Å². The van der Waals surface area contributed by atoms with Crippen molar-refractivity contribution in [1.82, 2.24) is 0 Å². The van der Waals surface area contributed by atoms with E-state index in [1.165, 1.54) is 51.4 Å². The van der Waals surface area contributed by atoms with Crippen LogP contribution < -0.4 is 0 Å². The lowest BCUT2D eigenvalue weighted by Gasteiger charge is -2.32. The Balaban J connectivity index is 1.75. The Bertz CT molecular complexity index is 231. The lowest BCUT2D eigenvalue weighted by atomic mass is 9.73. The molecule has 0 bridgehead atoms. The van der Waals surface area contributed by atoms with Crippen LogP contribution in [-0.4, -0.2) is 18.5 Å². The fourth-order valence-corrected chi connectivity index (χ4v) is 5.26. The zero-order valence-electron chi connectivity index (χ0n) is 10.8. The Morgan fingerprint density at radius 1 is 0.765 bits per heavy atom. The van der Waals surface area contributed by atoms with Crippen LogP contribution in [0, 0.1) is 29.6 Å².